The molecular formula is C13H13NO2. The third-order valence-corrected chi connectivity index (χ3v) is 2.83. The minimum absolute atomic E-state index is 0.0574. The molecule has 1 aromatic carbocycles. The summed E-state index contributed by atoms with van der Waals surface area (Å²) in [7, 11) is 0. The van der Waals surface area contributed by atoms with Gasteiger partial charge in [0.25, 0.3) is 0 Å². The fourth-order valence-corrected chi connectivity index (χ4v) is 1.66. The highest BCUT2D eigenvalue weighted by atomic mass is 16.5. The van der Waals surface area contributed by atoms with E-state index < -0.39 is 5.41 Å². The lowest BCUT2D eigenvalue weighted by molar-refractivity contribution is 0.0934. The van der Waals surface area contributed by atoms with Crippen LogP contribution in [-0.2, 0) is 0 Å². The van der Waals surface area contributed by atoms with Gasteiger partial charge in [0.2, 0.25) is 0 Å². The normalized spacial score (nSPS) is 16.2. The van der Waals surface area contributed by atoms with Gasteiger partial charge in [-0.2, -0.15) is 5.26 Å². The van der Waals surface area contributed by atoms with E-state index in [1.54, 1.807) is 24.3 Å². The number of carbonyl (C=O) groups excluding carboxylic acids is 1. The van der Waals surface area contributed by atoms with Gasteiger partial charge in [-0.05, 0) is 44.0 Å². The summed E-state index contributed by atoms with van der Waals surface area (Å²) in [6, 6.07) is 9.10. The van der Waals surface area contributed by atoms with Gasteiger partial charge in [-0.3, -0.25) is 4.79 Å². The topological polar surface area (TPSA) is 50.1 Å². The predicted molar refractivity (Wildman–Crippen MR) is 59.2 cm³/mol. The van der Waals surface area contributed by atoms with E-state index in [2.05, 4.69) is 6.07 Å². The second-order valence-electron chi connectivity index (χ2n) is 3.98. The Bertz CT molecular complexity index is 438. The monoisotopic (exact) mass is 215 g/mol. The van der Waals surface area contributed by atoms with Crippen molar-refractivity contribution in [3.8, 4) is 11.8 Å². The van der Waals surface area contributed by atoms with Gasteiger partial charge in [-0.15, -0.1) is 0 Å². The molecule has 82 valence electrons. The number of ketones is 1. The molecule has 0 unspecified atom stereocenters. The minimum Gasteiger partial charge on any atom is -0.494 e. The fourth-order valence-electron chi connectivity index (χ4n) is 1.66. The Morgan fingerprint density at radius 3 is 2.50 bits per heavy atom. The number of carbonyl (C=O) groups is 1. The zero-order chi connectivity index (χ0) is 11.6. The van der Waals surface area contributed by atoms with Crippen LogP contribution in [0.15, 0.2) is 24.3 Å². The highest BCUT2D eigenvalue weighted by Gasteiger charge is 2.50. The van der Waals surface area contributed by atoms with Crippen LogP contribution in [0.5, 0.6) is 5.75 Å². The molecule has 0 amide bonds. The van der Waals surface area contributed by atoms with E-state index in [1.807, 2.05) is 6.92 Å². The first kappa shape index (κ1) is 10.7. The Balaban J connectivity index is 2.17. The number of benzene rings is 1. The molecule has 0 bridgehead atoms. The lowest BCUT2D eigenvalue weighted by Gasteiger charge is -2.06. The van der Waals surface area contributed by atoms with Gasteiger partial charge in [0.05, 0.1) is 12.7 Å². The predicted octanol–water partition coefficient (Wildman–Crippen LogP) is 2.57. The van der Waals surface area contributed by atoms with Crippen LogP contribution in [0.2, 0.25) is 0 Å². The fraction of sp³-hybridized carbons (Fsp3) is 0.385. The molecule has 1 fully saturated rings. The highest BCUT2D eigenvalue weighted by Crippen LogP contribution is 2.47. The summed E-state index contributed by atoms with van der Waals surface area (Å²) in [5, 5.41) is 8.93. The number of hydrogen-bond acceptors (Lipinski definition) is 3. The van der Waals surface area contributed by atoms with E-state index in [-0.39, 0.29) is 5.78 Å². The molecular weight excluding hydrogens is 202 g/mol. The average molecular weight is 215 g/mol. The third-order valence-electron chi connectivity index (χ3n) is 2.83. The lowest BCUT2D eigenvalue weighted by Crippen LogP contribution is -2.13. The molecule has 0 heterocycles. The van der Waals surface area contributed by atoms with Crippen molar-refractivity contribution in [1.29, 1.82) is 5.26 Å². The highest BCUT2D eigenvalue weighted by molar-refractivity contribution is 6.04. The van der Waals surface area contributed by atoms with Crippen molar-refractivity contribution < 1.29 is 9.53 Å². The SMILES string of the molecule is CCOc1ccc(C(=O)C2(C#N)CC2)cc1. The summed E-state index contributed by atoms with van der Waals surface area (Å²) in [5.74, 6) is 0.693. The second kappa shape index (κ2) is 3.97. The van der Waals surface area contributed by atoms with Crippen LogP contribution in [-0.4, -0.2) is 12.4 Å². The van der Waals surface area contributed by atoms with Crippen LogP contribution in [0.3, 0.4) is 0 Å². The first-order chi connectivity index (χ1) is 7.72. The Morgan fingerprint density at radius 1 is 1.44 bits per heavy atom. The van der Waals surface area contributed by atoms with Crippen molar-refractivity contribution in [3.63, 3.8) is 0 Å². The Labute approximate surface area is 94.6 Å². The molecule has 16 heavy (non-hydrogen) atoms. The zero-order valence-corrected chi connectivity index (χ0v) is 9.19. The van der Waals surface area contributed by atoms with Crippen LogP contribution in [0.1, 0.15) is 30.1 Å². The number of nitrogens with zero attached hydrogens (tertiary/aromatic N) is 1. The second-order valence-corrected chi connectivity index (χ2v) is 3.98. The summed E-state index contributed by atoms with van der Waals surface area (Å²) in [5.41, 5.74) is -0.129. The van der Waals surface area contributed by atoms with Gasteiger partial charge < -0.3 is 4.74 Å². The van der Waals surface area contributed by atoms with Crippen LogP contribution in [0.4, 0.5) is 0 Å². The number of Topliss-reactive ketones (excluding diaryl/α,β-unsaturated/α-hetero) is 1. The average Bonchev–Trinajstić information content (AvgIpc) is 3.10. The lowest BCUT2D eigenvalue weighted by atomic mass is 9.96. The van der Waals surface area contributed by atoms with Gasteiger partial charge in [0.15, 0.2) is 5.78 Å². The number of nitriles is 1. The van der Waals surface area contributed by atoms with Crippen molar-refractivity contribution in [2.24, 2.45) is 5.41 Å². The van der Waals surface area contributed by atoms with E-state index in [1.165, 1.54) is 0 Å². The molecule has 0 saturated heterocycles. The summed E-state index contributed by atoms with van der Waals surface area (Å²) in [6.07, 6.45) is 1.38. The number of ether oxygens (including phenoxy) is 1. The summed E-state index contributed by atoms with van der Waals surface area (Å²) in [6.45, 7) is 2.52. The molecule has 1 aromatic rings. The molecule has 1 aliphatic carbocycles. The van der Waals surface area contributed by atoms with E-state index in [4.69, 9.17) is 10.00 Å². The van der Waals surface area contributed by atoms with Gasteiger partial charge in [0.1, 0.15) is 11.2 Å². The van der Waals surface area contributed by atoms with E-state index in [9.17, 15) is 4.79 Å². The molecule has 0 spiro atoms. The van der Waals surface area contributed by atoms with Crippen molar-refractivity contribution in [2.75, 3.05) is 6.61 Å². The molecule has 0 atom stereocenters. The first-order valence-corrected chi connectivity index (χ1v) is 5.41. The van der Waals surface area contributed by atoms with E-state index >= 15 is 0 Å². The van der Waals surface area contributed by atoms with Gasteiger partial charge in [-0.25, -0.2) is 0 Å². The van der Waals surface area contributed by atoms with Crippen LogP contribution >= 0.6 is 0 Å². The molecule has 3 heteroatoms. The van der Waals surface area contributed by atoms with Crippen molar-refractivity contribution in [3.05, 3.63) is 29.8 Å². The maximum Gasteiger partial charge on any atom is 0.183 e. The van der Waals surface area contributed by atoms with Crippen molar-refractivity contribution >= 4 is 5.78 Å². The van der Waals surface area contributed by atoms with Gasteiger partial charge in [0, 0.05) is 5.56 Å². The quantitative estimate of drug-likeness (QED) is 0.725. The zero-order valence-electron chi connectivity index (χ0n) is 9.19. The van der Waals surface area contributed by atoms with Crippen molar-refractivity contribution in [2.45, 2.75) is 19.8 Å². The third kappa shape index (κ3) is 1.79. The molecule has 3 nitrogen and oxygen atoms in total. The van der Waals surface area contributed by atoms with E-state index in [0.717, 1.165) is 5.75 Å². The molecule has 0 aliphatic heterocycles. The number of rotatable bonds is 4. The molecule has 0 aromatic heterocycles. The maximum atomic E-state index is 12.0. The van der Waals surface area contributed by atoms with Gasteiger partial charge in [-0.1, -0.05) is 0 Å². The summed E-state index contributed by atoms with van der Waals surface area (Å²) in [4.78, 5) is 12.0. The van der Waals surface area contributed by atoms with Gasteiger partial charge >= 0.3 is 0 Å². The van der Waals surface area contributed by atoms with Crippen LogP contribution < -0.4 is 4.74 Å². The maximum absolute atomic E-state index is 12.0. The molecule has 1 saturated carbocycles. The van der Waals surface area contributed by atoms with Crippen molar-refractivity contribution in [1.82, 2.24) is 0 Å². The Hall–Kier alpha value is -1.82. The largest absolute Gasteiger partial charge is 0.494 e. The summed E-state index contributed by atoms with van der Waals surface area (Å²) < 4.78 is 5.29. The Morgan fingerprint density at radius 2 is 2.06 bits per heavy atom. The smallest absolute Gasteiger partial charge is 0.183 e. The summed E-state index contributed by atoms with van der Waals surface area (Å²) >= 11 is 0. The minimum atomic E-state index is -0.729. The standard InChI is InChI=1S/C13H13NO2/c1-2-16-11-5-3-10(4-6-11)12(15)13(9-14)7-8-13/h3-6H,2,7-8H2,1H3. The Kier molecular flexibility index (Phi) is 2.66. The van der Waals surface area contributed by atoms with Crippen LogP contribution in [0, 0.1) is 16.7 Å². The molecule has 1 aliphatic rings. The van der Waals surface area contributed by atoms with E-state index in [0.29, 0.717) is 25.0 Å². The first-order valence-electron chi connectivity index (χ1n) is 5.41. The van der Waals surface area contributed by atoms with Crippen LogP contribution in [0.25, 0.3) is 0 Å². The molecule has 0 N–H and O–H groups in total. The number of hydrogen-bond donors (Lipinski definition) is 0. The molecule has 2 rings (SSSR count). The molecule has 0 radical (unpaired) electrons.